The lowest BCUT2D eigenvalue weighted by Gasteiger charge is -2.26. The lowest BCUT2D eigenvalue weighted by Crippen LogP contribution is -2.34. The molecule has 0 spiro atoms. The van der Waals surface area contributed by atoms with Crippen molar-refractivity contribution < 1.29 is 4.79 Å². The van der Waals surface area contributed by atoms with E-state index in [0.717, 1.165) is 23.1 Å². The van der Waals surface area contributed by atoms with Gasteiger partial charge >= 0.3 is 0 Å². The topological polar surface area (TPSA) is 63.1 Å². The summed E-state index contributed by atoms with van der Waals surface area (Å²) in [6.07, 6.45) is 0. The molecular formula is C19H22ClN5O. The Balaban J connectivity index is 1.75. The van der Waals surface area contributed by atoms with Gasteiger partial charge in [-0.1, -0.05) is 35.0 Å². The summed E-state index contributed by atoms with van der Waals surface area (Å²) < 4.78 is 1.80. The summed E-state index contributed by atoms with van der Waals surface area (Å²) >= 11 is 6.32. The number of fused-ring (bicyclic) bond motifs is 1. The number of aryl methyl sites for hydroxylation is 1. The molecular weight excluding hydrogens is 350 g/mol. The fourth-order valence-electron chi connectivity index (χ4n) is 2.95. The summed E-state index contributed by atoms with van der Waals surface area (Å²) in [5.74, 6) is -0.142. The Hall–Kier alpha value is -2.44. The number of aromatic nitrogens is 3. The number of hydrogen-bond donors (Lipinski definition) is 1. The van der Waals surface area contributed by atoms with E-state index in [2.05, 4.69) is 15.6 Å². The van der Waals surface area contributed by atoms with Crippen LogP contribution in [0.25, 0.3) is 11.0 Å². The minimum Gasteiger partial charge on any atom is -0.350 e. The Labute approximate surface area is 157 Å². The maximum absolute atomic E-state index is 12.6. The number of nitrogens with zero attached hydrogens (tertiary/aromatic N) is 4. The van der Waals surface area contributed by atoms with Crippen molar-refractivity contribution in [2.45, 2.75) is 19.5 Å². The monoisotopic (exact) mass is 371 g/mol. The largest absolute Gasteiger partial charge is 0.350 e. The number of amides is 1. The number of likely N-dealkylation sites (N-methyl/N-ethyl adjacent to an activating group) is 1. The number of rotatable bonds is 6. The second-order valence-electron chi connectivity index (χ2n) is 6.32. The molecule has 26 heavy (non-hydrogen) atoms. The second kappa shape index (κ2) is 7.85. The highest BCUT2D eigenvalue weighted by Gasteiger charge is 2.18. The van der Waals surface area contributed by atoms with Crippen LogP contribution in [-0.2, 0) is 6.54 Å². The van der Waals surface area contributed by atoms with Crippen molar-refractivity contribution in [3.63, 3.8) is 0 Å². The Bertz CT molecular complexity index is 921. The van der Waals surface area contributed by atoms with Gasteiger partial charge in [0.2, 0.25) is 0 Å². The number of hydrogen-bond acceptors (Lipinski definition) is 4. The molecule has 0 aliphatic heterocycles. The predicted molar refractivity (Wildman–Crippen MR) is 103 cm³/mol. The van der Waals surface area contributed by atoms with E-state index in [9.17, 15) is 4.79 Å². The van der Waals surface area contributed by atoms with Crippen molar-refractivity contribution >= 4 is 28.5 Å². The Morgan fingerprint density at radius 1 is 1.27 bits per heavy atom. The maximum atomic E-state index is 12.6. The number of halogens is 1. The molecule has 0 bridgehead atoms. The summed E-state index contributed by atoms with van der Waals surface area (Å²) in [4.78, 5) is 14.6. The van der Waals surface area contributed by atoms with Gasteiger partial charge in [0.15, 0.2) is 0 Å². The van der Waals surface area contributed by atoms with Gasteiger partial charge in [0.1, 0.15) is 5.52 Å². The van der Waals surface area contributed by atoms with Crippen LogP contribution in [0.15, 0.2) is 42.5 Å². The quantitative estimate of drug-likeness (QED) is 0.723. The fraction of sp³-hybridized carbons (Fsp3) is 0.316. The van der Waals surface area contributed by atoms with Crippen molar-refractivity contribution in [2.24, 2.45) is 0 Å². The molecule has 136 valence electrons. The third-order valence-corrected chi connectivity index (χ3v) is 4.76. The Morgan fingerprint density at radius 3 is 2.73 bits per heavy atom. The molecule has 2 aromatic carbocycles. The van der Waals surface area contributed by atoms with Crippen LogP contribution in [0.4, 0.5) is 0 Å². The highest BCUT2D eigenvalue weighted by molar-refractivity contribution is 6.31. The molecule has 0 saturated carbocycles. The zero-order valence-electron chi connectivity index (χ0n) is 15.1. The number of carbonyl (C=O) groups is 1. The molecule has 1 N–H and O–H groups in total. The van der Waals surface area contributed by atoms with Crippen LogP contribution < -0.4 is 5.32 Å². The molecule has 1 unspecified atom stereocenters. The molecule has 1 amide bonds. The molecule has 0 fully saturated rings. The van der Waals surface area contributed by atoms with Crippen molar-refractivity contribution in [1.82, 2.24) is 25.2 Å². The number of nitrogens with one attached hydrogen (secondary N) is 1. The molecule has 6 nitrogen and oxygen atoms in total. The van der Waals surface area contributed by atoms with Crippen LogP contribution in [0.1, 0.15) is 28.9 Å². The van der Waals surface area contributed by atoms with Crippen molar-refractivity contribution in [3.8, 4) is 0 Å². The standard InChI is InChI=1S/C19H22ClN5O/c1-4-25-17-10-9-13(11-16(17)22-23-25)19(26)21-12-18(24(2)3)14-7-5-6-8-15(14)20/h5-11,18H,4,12H2,1-3H3,(H,21,26). The second-order valence-corrected chi connectivity index (χ2v) is 6.73. The first-order valence-electron chi connectivity index (χ1n) is 8.53. The van der Waals surface area contributed by atoms with E-state index in [1.165, 1.54) is 0 Å². The smallest absolute Gasteiger partial charge is 0.251 e. The summed E-state index contributed by atoms with van der Waals surface area (Å²) in [6.45, 7) is 3.20. The van der Waals surface area contributed by atoms with Crippen LogP contribution in [-0.4, -0.2) is 46.4 Å². The van der Waals surface area contributed by atoms with E-state index in [0.29, 0.717) is 17.1 Å². The van der Waals surface area contributed by atoms with E-state index >= 15 is 0 Å². The fourth-order valence-corrected chi connectivity index (χ4v) is 3.22. The van der Waals surface area contributed by atoms with Gasteiger partial charge in [-0.3, -0.25) is 4.79 Å². The van der Waals surface area contributed by atoms with Gasteiger partial charge < -0.3 is 10.2 Å². The van der Waals surface area contributed by atoms with Crippen LogP contribution >= 0.6 is 11.6 Å². The first-order valence-corrected chi connectivity index (χ1v) is 8.91. The third kappa shape index (κ3) is 3.71. The first kappa shape index (κ1) is 18.4. The van der Waals surface area contributed by atoms with Gasteiger partial charge in [-0.2, -0.15) is 0 Å². The zero-order valence-corrected chi connectivity index (χ0v) is 15.9. The van der Waals surface area contributed by atoms with Gasteiger partial charge in [-0.05, 0) is 50.8 Å². The van der Waals surface area contributed by atoms with Gasteiger partial charge in [-0.15, -0.1) is 5.10 Å². The van der Waals surface area contributed by atoms with Crippen LogP contribution in [0.2, 0.25) is 5.02 Å². The minimum absolute atomic E-state index is 0.0163. The average Bonchev–Trinajstić information content (AvgIpc) is 3.05. The lowest BCUT2D eigenvalue weighted by molar-refractivity contribution is 0.0942. The number of benzene rings is 2. The van der Waals surface area contributed by atoms with Crippen molar-refractivity contribution in [3.05, 3.63) is 58.6 Å². The molecule has 1 heterocycles. The normalized spacial score (nSPS) is 12.5. The molecule has 1 aromatic heterocycles. The van der Waals surface area contributed by atoms with E-state index in [1.807, 2.05) is 56.3 Å². The third-order valence-electron chi connectivity index (χ3n) is 4.42. The highest BCUT2D eigenvalue weighted by atomic mass is 35.5. The van der Waals surface area contributed by atoms with Crippen LogP contribution in [0.3, 0.4) is 0 Å². The molecule has 7 heteroatoms. The SMILES string of the molecule is CCn1nnc2cc(C(=O)NCC(c3ccccc3Cl)N(C)C)ccc21. The van der Waals surface area contributed by atoms with Gasteiger partial charge in [0.05, 0.1) is 11.6 Å². The van der Waals surface area contributed by atoms with Crippen molar-refractivity contribution in [2.75, 3.05) is 20.6 Å². The van der Waals surface area contributed by atoms with Crippen LogP contribution in [0, 0.1) is 0 Å². The van der Waals surface area contributed by atoms with Gasteiger partial charge in [0.25, 0.3) is 5.91 Å². The van der Waals surface area contributed by atoms with Gasteiger partial charge in [0, 0.05) is 23.7 Å². The first-order chi connectivity index (χ1) is 12.5. The van der Waals surface area contributed by atoms with Gasteiger partial charge in [-0.25, -0.2) is 4.68 Å². The molecule has 0 aliphatic rings. The molecule has 0 aliphatic carbocycles. The highest BCUT2D eigenvalue weighted by Crippen LogP contribution is 2.25. The summed E-state index contributed by atoms with van der Waals surface area (Å²) in [5.41, 5.74) is 3.19. The Kier molecular flexibility index (Phi) is 5.54. The number of carbonyl (C=O) groups excluding carboxylic acids is 1. The predicted octanol–water partition coefficient (Wildman–Crippen LogP) is 3.14. The molecule has 3 aromatic rings. The molecule has 0 saturated heterocycles. The summed E-state index contributed by atoms with van der Waals surface area (Å²) in [5, 5.41) is 11.9. The average molecular weight is 372 g/mol. The lowest BCUT2D eigenvalue weighted by atomic mass is 10.1. The maximum Gasteiger partial charge on any atom is 0.251 e. The summed E-state index contributed by atoms with van der Waals surface area (Å²) in [7, 11) is 3.94. The van der Waals surface area contributed by atoms with E-state index < -0.39 is 0 Å². The Morgan fingerprint density at radius 2 is 2.04 bits per heavy atom. The van der Waals surface area contributed by atoms with E-state index in [4.69, 9.17) is 11.6 Å². The zero-order chi connectivity index (χ0) is 18.7. The van der Waals surface area contributed by atoms with Crippen LogP contribution in [0.5, 0.6) is 0 Å². The molecule has 0 radical (unpaired) electrons. The minimum atomic E-state index is -0.142. The van der Waals surface area contributed by atoms with E-state index in [1.54, 1.807) is 16.8 Å². The van der Waals surface area contributed by atoms with Crippen molar-refractivity contribution in [1.29, 1.82) is 0 Å². The summed E-state index contributed by atoms with van der Waals surface area (Å²) in [6, 6.07) is 13.1. The molecule has 1 atom stereocenters. The van der Waals surface area contributed by atoms with E-state index in [-0.39, 0.29) is 11.9 Å². The molecule has 3 rings (SSSR count).